The van der Waals surface area contributed by atoms with E-state index in [-0.39, 0.29) is 5.78 Å². The average molecular weight is 257 g/mol. The van der Waals surface area contributed by atoms with E-state index in [4.69, 9.17) is 0 Å². The number of hydrogen-bond acceptors (Lipinski definition) is 3. The fourth-order valence-corrected chi connectivity index (χ4v) is 1.24. The van der Waals surface area contributed by atoms with Gasteiger partial charge in [0.15, 0.2) is 5.78 Å². The van der Waals surface area contributed by atoms with Crippen molar-refractivity contribution in [2.24, 2.45) is 5.41 Å². The molecule has 0 saturated carbocycles. The molecule has 0 saturated heterocycles. The summed E-state index contributed by atoms with van der Waals surface area (Å²) in [6, 6.07) is 1.65. The zero-order valence-electron chi connectivity index (χ0n) is 8.54. The van der Waals surface area contributed by atoms with Gasteiger partial charge in [-0.1, -0.05) is 36.7 Å². The average Bonchev–Trinajstić information content (AvgIpc) is 2.15. The molecule has 0 unspecified atom stereocenters. The molecule has 1 aromatic heterocycles. The van der Waals surface area contributed by atoms with Crippen molar-refractivity contribution in [3.8, 4) is 0 Å². The zero-order chi connectivity index (χ0) is 10.8. The molecule has 1 heterocycles. The van der Waals surface area contributed by atoms with Crippen LogP contribution in [-0.2, 0) is 5.33 Å². The second-order valence-corrected chi connectivity index (χ2v) is 4.63. The fourth-order valence-electron chi connectivity index (χ4n) is 0.974. The van der Waals surface area contributed by atoms with Crippen LogP contribution in [0.3, 0.4) is 0 Å². The number of carbonyl (C=O) groups excluding carboxylic acids is 1. The van der Waals surface area contributed by atoms with Crippen molar-refractivity contribution < 1.29 is 4.79 Å². The first-order chi connectivity index (χ1) is 6.45. The number of aromatic nitrogens is 2. The van der Waals surface area contributed by atoms with Gasteiger partial charge in [0.2, 0.25) is 0 Å². The van der Waals surface area contributed by atoms with Gasteiger partial charge in [-0.2, -0.15) is 0 Å². The molecule has 0 amide bonds. The lowest BCUT2D eigenvalue weighted by atomic mass is 9.89. The highest BCUT2D eigenvalue weighted by Crippen LogP contribution is 2.19. The van der Waals surface area contributed by atoms with Crippen LogP contribution in [0.4, 0.5) is 0 Å². The van der Waals surface area contributed by atoms with Crippen molar-refractivity contribution in [3.05, 3.63) is 23.8 Å². The highest BCUT2D eigenvalue weighted by Gasteiger charge is 2.24. The molecule has 4 heteroatoms. The molecule has 0 bridgehead atoms. The van der Waals surface area contributed by atoms with Gasteiger partial charge >= 0.3 is 0 Å². The summed E-state index contributed by atoms with van der Waals surface area (Å²) >= 11 is 3.25. The minimum absolute atomic E-state index is 0.0436. The Morgan fingerprint density at radius 2 is 2.14 bits per heavy atom. The van der Waals surface area contributed by atoms with Crippen LogP contribution in [-0.4, -0.2) is 15.8 Å². The van der Waals surface area contributed by atoms with E-state index in [1.54, 1.807) is 12.3 Å². The number of rotatable bonds is 2. The molecule has 1 rings (SSSR count). The quantitative estimate of drug-likeness (QED) is 0.604. The van der Waals surface area contributed by atoms with E-state index >= 15 is 0 Å². The summed E-state index contributed by atoms with van der Waals surface area (Å²) in [4.78, 5) is 20.0. The Balaban J connectivity index is 3.02. The van der Waals surface area contributed by atoms with E-state index in [1.807, 2.05) is 20.8 Å². The number of hydrogen-bond donors (Lipinski definition) is 0. The van der Waals surface area contributed by atoms with Crippen LogP contribution in [0.25, 0.3) is 0 Å². The molecule has 0 N–H and O–H groups in total. The summed E-state index contributed by atoms with van der Waals surface area (Å²) in [5.41, 5.74) is 0.0970. The summed E-state index contributed by atoms with van der Waals surface area (Å²) in [6.45, 7) is 5.64. The first-order valence-corrected chi connectivity index (χ1v) is 5.50. The first kappa shape index (κ1) is 11.3. The van der Waals surface area contributed by atoms with Gasteiger partial charge in [0.25, 0.3) is 0 Å². The molecule has 0 spiro atoms. The Morgan fingerprint density at radius 3 is 2.64 bits per heavy atom. The molecular weight excluding hydrogens is 244 g/mol. The second-order valence-electron chi connectivity index (χ2n) is 4.07. The van der Waals surface area contributed by atoms with Crippen LogP contribution < -0.4 is 0 Å². The lowest BCUT2D eigenvalue weighted by Gasteiger charge is -2.15. The minimum Gasteiger partial charge on any atom is -0.292 e. The van der Waals surface area contributed by atoms with Crippen molar-refractivity contribution in [2.45, 2.75) is 26.1 Å². The van der Waals surface area contributed by atoms with Gasteiger partial charge in [0, 0.05) is 11.6 Å². The van der Waals surface area contributed by atoms with Gasteiger partial charge < -0.3 is 0 Å². The van der Waals surface area contributed by atoms with Gasteiger partial charge in [-0.05, 0) is 6.07 Å². The van der Waals surface area contributed by atoms with E-state index < -0.39 is 5.41 Å². The predicted molar refractivity (Wildman–Crippen MR) is 58.4 cm³/mol. The molecule has 0 aromatic carbocycles. The zero-order valence-corrected chi connectivity index (χ0v) is 10.1. The number of Topliss-reactive ketones (excluding diaryl/α,β-unsaturated/α-hetero) is 1. The normalized spacial score (nSPS) is 11.4. The smallest absolute Gasteiger partial charge is 0.186 e. The minimum atomic E-state index is -0.391. The van der Waals surface area contributed by atoms with E-state index in [0.717, 1.165) is 0 Å². The third-order valence-electron chi connectivity index (χ3n) is 1.74. The maximum Gasteiger partial charge on any atom is 0.186 e. The third kappa shape index (κ3) is 2.61. The third-order valence-corrected chi connectivity index (χ3v) is 2.24. The topological polar surface area (TPSA) is 42.9 Å². The van der Waals surface area contributed by atoms with E-state index in [2.05, 4.69) is 25.9 Å². The van der Waals surface area contributed by atoms with Gasteiger partial charge in [0.1, 0.15) is 11.5 Å². The molecule has 1 aromatic rings. The highest BCUT2D eigenvalue weighted by molar-refractivity contribution is 9.08. The summed E-state index contributed by atoms with van der Waals surface area (Å²) in [5.74, 6) is 0.683. The molecule has 76 valence electrons. The molecule has 0 fully saturated rings. The summed E-state index contributed by atoms with van der Waals surface area (Å²) < 4.78 is 0. The molecule has 14 heavy (non-hydrogen) atoms. The van der Waals surface area contributed by atoms with Crippen LogP contribution in [0.1, 0.15) is 37.1 Å². The largest absolute Gasteiger partial charge is 0.292 e. The SMILES string of the molecule is CC(C)(C)C(=O)c1ccnc(CBr)n1. The predicted octanol–water partition coefficient (Wildman–Crippen LogP) is 2.60. The number of carbonyl (C=O) groups is 1. The number of nitrogens with zero attached hydrogens (tertiary/aromatic N) is 2. The van der Waals surface area contributed by atoms with Crippen LogP contribution in [0.5, 0.6) is 0 Å². The summed E-state index contributed by atoms with van der Waals surface area (Å²) in [6.07, 6.45) is 1.61. The standard InChI is InChI=1S/C10H13BrN2O/c1-10(2,3)9(14)7-4-5-12-8(6-11)13-7/h4-5H,6H2,1-3H3. The first-order valence-electron chi connectivity index (χ1n) is 4.38. The maximum atomic E-state index is 11.8. The molecule has 3 nitrogen and oxygen atoms in total. The maximum absolute atomic E-state index is 11.8. The molecule has 0 radical (unpaired) electrons. The molecule has 0 aliphatic carbocycles. The van der Waals surface area contributed by atoms with Crippen LogP contribution in [0.15, 0.2) is 12.3 Å². The van der Waals surface area contributed by atoms with Gasteiger partial charge in [-0.15, -0.1) is 0 Å². The van der Waals surface area contributed by atoms with Gasteiger partial charge in [0.05, 0.1) is 5.33 Å². The molecule has 0 aliphatic heterocycles. The van der Waals surface area contributed by atoms with Crippen molar-refractivity contribution in [2.75, 3.05) is 0 Å². The lowest BCUT2D eigenvalue weighted by molar-refractivity contribution is 0.0852. The van der Waals surface area contributed by atoms with Crippen molar-refractivity contribution in [1.29, 1.82) is 0 Å². The Labute approximate surface area is 92.1 Å². The molecular formula is C10H13BrN2O. The Bertz CT molecular complexity index is 344. The highest BCUT2D eigenvalue weighted by atomic mass is 79.9. The number of ketones is 1. The van der Waals surface area contributed by atoms with Gasteiger partial charge in [-0.25, -0.2) is 9.97 Å². The second kappa shape index (κ2) is 4.17. The molecule has 0 atom stereocenters. The number of alkyl halides is 1. The lowest BCUT2D eigenvalue weighted by Crippen LogP contribution is -2.21. The Kier molecular flexibility index (Phi) is 3.37. The number of halogens is 1. The summed E-state index contributed by atoms with van der Waals surface area (Å²) in [7, 11) is 0. The van der Waals surface area contributed by atoms with Crippen molar-refractivity contribution in [1.82, 2.24) is 9.97 Å². The summed E-state index contributed by atoms with van der Waals surface area (Å²) in [5, 5.41) is 0.568. The molecule has 0 aliphatic rings. The van der Waals surface area contributed by atoms with E-state index in [1.165, 1.54) is 0 Å². The van der Waals surface area contributed by atoms with Crippen molar-refractivity contribution in [3.63, 3.8) is 0 Å². The van der Waals surface area contributed by atoms with Crippen LogP contribution in [0.2, 0.25) is 0 Å². The Morgan fingerprint density at radius 1 is 1.50 bits per heavy atom. The van der Waals surface area contributed by atoms with Crippen LogP contribution >= 0.6 is 15.9 Å². The van der Waals surface area contributed by atoms with E-state index in [9.17, 15) is 4.79 Å². The van der Waals surface area contributed by atoms with Crippen molar-refractivity contribution >= 4 is 21.7 Å². The van der Waals surface area contributed by atoms with Gasteiger partial charge in [-0.3, -0.25) is 4.79 Å². The van der Waals surface area contributed by atoms with Crippen LogP contribution in [0, 0.1) is 5.41 Å². The van der Waals surface area contributed by atoms with E-state index in [0.29, 0.717) is 16.8 Å². The monoisotopic (exact) mass is 256 g/mol. The fraction of sp³-hybridized carbons (Fsp3) is 0.500. The Hall–Kier alpha value is -0.770.